The predicted octanol–water partition coefficient (Wildman–Crippen LogP) is -0.982. The molecule has 3 atom stereocenters. The van der Waals surface area contributed by atoms with E-state index in [0.717, 1.165) is 0 Å². The number of amides is 1. The zero-order valence-electron chi connectivity index (χ0n) is 9.30. The fraction of sp³-hybridized carbons (Fsp3) is 0.800. The number of aliphatic hydroxyl groups is 1. The Morgan fingerprint density at radius 1 is 1.56 bits per heavy atom. The predicted molar refractivity (Wildman–Crippen MR) is 56.6 cm³/mol. The van der Waals surface area contributed by atoms with Gasteiger partial charge in [-0.3, -0.25) is 4.79 Å². The molecular formula is C10H18N2O4. The van der Waals surface area contributed by atoms with Crippen molar-refractivity contribution in [2.24, 2.45) is 11.7 Å². The highest BCUT2D eigenvalue weighted by Gasteiger charge is 2.38. The lowest BCUT2D eigenvalue weighted by atomic mass is 10.1. The van der Waals surface area contributed by atoms with Crippen molar-refractivity contribution in [3.8, 4) is 0 Å². The van der Waals surface area contributed by atoms with Crippen LogP contribution < -0.4 is 5.73 Å². The minimum Gasteiger partial charge on any atom is -0.480 e. The van der Waals surface area contributed by atoms with Crippen LogP contribution in [-0.4, -0.2) is 52.2 Å². The molecule has 0 aromatic heterocycles. The number of aliphatic hydroxyl groups excluding tert-OH is 1. The second-order valence-electron chi connectivity index (χ2n) is 4.33. The second-order valence-corrected chi connectivity index (χ2v) is 4.33. The van der Waals surface area contributed by atoms with Gasteiger partial charge in [-0.15, -0.1) is 0 Å². The Hall–Kier alpha value is -1.14. The zero-order valence-corrected chi connectivity index (χ0v) is 9.30. The topological polar surface area (TPSA) is 104 Å². The van der Waals surface area contributed by atoms with Gasteiger partial charge in [0.25, 0.3) is 0 Å². The molecule has 1 heterocycles. The van der Waals surface area contributed by atoms with Crippen molar-refractivity contribution in [2.45, 2.75) is 31.9 Å². The number of hydrogen-bond donors (Lipinski definition) is 3. The van der Waals surface area contributed by atoms with Crippen molar-refractivity contribution in [1.82, 2.24) is 4.90 Å². The number of nitrogens with two attached hydrogens (primary N) is 1. The summed E-state index contributed by atoms with van der Waals surface area (Å²) in [5, 5.41) is 18.3. The van der Waals surface area contributed by atoms with Crippen LogP contribution in [0.1, 0.15) is 19.8 Å². The maximum Gasteiger partial charge on any atom is 0.326 e. The lowest BCUT2D eigenvalue weighted by Crippen LogP contribution is -2.41. The summed E-state index contributed by atoms with van der Waals surface area (Å²) in [6, 6.07) is -0.896. The standard InChI is InChI=1S/C10H18N2O4/c1-6(4-11)2-9(14)12-5-7(13)3-8(12)10(15)16/h6-8,13H,2-5,11H2,1H3,(H,15,16). The van der Waals surface area contributed by atoms with Crippen LogP contribution in [0.4, 0.5) is 0 Å². The van der Waals surface area contributed by atoms with E-state index < -0.39 is 18.1 Å². The minimum absolute atomic E-state index is 0.0275. The SMILES string of the molecule is CC(CN)CC(=O)N1CC(O)CC1C(=O)O. The van der Waals surface area contributed by atoms with Gasteiger partial charge in [0.1, 0.15) is 6.04 Å². The number of likely N-dealkylation sites (tertiary alicyclic amines) is 1. The molecule has 1 fully saturated rings. The summed E-state index contributed by atoms with van der Waals surface area (Å²) in [7, 11) is 0. The molecule has 1 rings (SSSR count). The Morgan fingerprint density at radius 3 is 2.69 bits per heavy atom. The van der Waals surface area contributed by atoms with Crippen molar-refractivity contribution in [2.75, 3.05) is 13.1 Å². The van der Waals surface area contributed by atoms with E-state index in [2.05, 4.69) is 0 Å². The number of hydrogen-bond acceptors (Lipinski definition) is 4. The van der Waals surface area contributed by atoms with Gasteiger partial charge in [0, 0.05) is 19.4 Å². The van der Waals surface area contributed by atoms with Gasteiger partial charge in [0.2, 0.25) is 5.91 Å². The van der Waals surface area contributed by atoms with E-state index in [4.69, 9.17) is 10.8 Å². The summed E-state index contributed by atoms with van der Waals surface area (Å²) in [5.74, 6) is -1.29. The van der Waals surface area contributed by atoms with Gasteiger partial charge in [-0.2, -0.15) is 0 Å². The van der Waals surface area contributed by atoms with E-state index in [1.807, 2.05) is 6.92 Å². The molecule has 4 N–H and O–H groups in total. The molecule has 0 radical (unpaired) electrons. The monoisotopic (exact) mass is 230 g/mol. The van der Waals surface area contributed by atoms with E-state index in [1.165, 1.54) is 4.90 Å². The Morgan fingerprint density at radius 2 is 2.19 bits per heavy atom. The number of rotatable bonds is 4. The number of carbonyl (C=O) groups is 2. The summed E-state index contributed by atoms with van der Waals surface area (Å²) in [4.78, 5) is 23.9. The number of nitrogens with zero attached hydrogens (tertiary/aromatic N) is 1. The van der Waals surface area contributed by atoms with E-state index in [9.17, 15) is 14.7 Å². The first-order chi connectivity index (χ1) is 7.45. The molecule has 1 aliphatic heterocycles. The third-order valence-corrected chi connectivity index (χ3v) is 2.81. The van der Waals surface area contributed by atoms with E-state index in [-0.39, 0.29) is 31.2 Å². The molecule has 0 aromatic rings. The zero-order chi connectivity index (χ0) is 12.3. The van der Waals surface area contributed by atoms with Gasteiger partial charge >= 0.3 is 5.97 Å². The van der Waals surface area contributed by atoms with Crippen LogP contribution >= 0.6 is 0 Å². The van der Waals surface area contributed by atoms with E-state index in [0.29, 0.717) is 6.54 Å². The smallest absolute Gasteiger partial charge is 0.326 e. The Balaban J connectivity index is 2.63. The quantitative estimate of drug-likeness (QED) is 0.575. The fourth-order valence-electron chi connectivity index (χ4n) is 1.82. The third-order valence-electron chi connectivity index (χ3n) is 2.81. The van der Waals surface area contributed by atoms with Crippen molar-refractivity contribution >= 4 is 11.9 Å². The second kappa shape index (κ2) is 5.27. The average molecular weight is 230 g/mol. The van der Waals surface area contributed by atoms with Crippen LogP contribution in [0.5, 0.6) is 0 Å². The summed E-state index contributed by atoms with van der Waals surface area (Å²) in [6.45, 7) is 2.33. The maximum absolute atomic E-state index is 11.8. The van der Waals surface area contributed by atoms with Gasteiger partial charge in [-0.05, 0) is 12.5 Å². The first kappa shape index (κ1) is 12.9. The van der Waals surface area contributed by atoms with Crippen molar-refractivity contribution < 1.29 is 19.8 Å². The van der Waals surface area contributed by atoms with Gasteiger partial charge in [-0.1, -0.05) is 6.92 Å². The molecule has 6 nitrogen and oxygen atoms in total. The summed E-state index contributed by atoms with van der Waals surface area (Å²) >= 11 is 0. The Bertz CT molecular complexity index is 282. The number of aliphatic carboxylic acids is 1. The van der Waals surface area contributed by atoms with Crippen LogP contribution in [-0.2, 0) is 9.59 Å². The molecule has 0 saturated carbocycles. The van der Waals surface area contributed by atoms with E-state index in [1.54, 1.807) is 0 Å². The van der Waals surface area contributed by atoms with Gasteiger partial charge in [0.05, 0.1) is 6.10 Å². The molecule has 92 valence electrons. The lowest BCUT2D eigenvalue weighted by Gasteiger charge is -2.22. The van der Waals surface area contributed by atoms with Crippen LogP contribution in [0, 0.1) is 5.92 Å². The van der Waals surface area contributed by atoms with Crippen LogP contribution in [0.2, 0.25) is 0 Å². The van der Waals surface area contributed by atoms with Crippen molar-refractivity contribution in [3.05, 3.63) is 0 Å². The molecule has 1 saturated heterocycles. The van der Waals surface area contributed by atoms with Gasteiger partial charge < -0.3 is 20.8 Å². The molecule has 3 unspecified atom stereocenters. The molecule has 16 heavy (non-hydrogen) atoms. The largest absolute Gasteiger partial charge is 0.480 e. The van der Waals surface area contributed by atoms with Crippen molar-refractivity contribution in [3.63, 3.8) is 0 Å². The summed E-state index contributed by atoms with van der Waals surface area (Å²) < 4.78 is 0. The molecule has 0 spiro atoms. The van der Waals surface area contributed by atoms with Crippen LogP contribution in [0.3, 0.4) is 0 Å². The molecule has 6 heteroatoms. The fourth-order valence-corrected chi connectivity index (χ4v) is 1.82. The number of carbonyl (C=O) groups excluding carboxylic acids is 1. The van der Waals surface area contributed by atoms with Crippen LogP contribution in [0.25, 0.3) is 0 Å². The highest BCUT2D eigenvalue weighted by atomic mass is 16.4. The summed E-state index contributed by atoms with van der Waals surface area (Å²) in [5.41, 5.74) is 5.40. The molecule has 0 bridgehead atoms. The van der Waals surface area contributed by atoms with Crippen LogP contribution in [0.15, 0.2) is 0 Å². The first-order valence-corrected chi connectivity index (χ1v) is 5.36. The van der Waals surface area contributed by atoms with Crippen molar-refractivity contribution in [1.29, 1.82) is 0 Å². The minimum atomic E-state index is -1.06. The van der Waals surface area contributed by atoms with Gasteiger partial charge in [0.15, 0.2) is 0 Å². The third kappa shape index (κ3) is 2.93. The number of carboxylic acid groups (broad SMARTS) is 1. The Labute approximate surface area is 94.0 Å². The highest BCUT2D eigenvalue weighted by Crippen LogP contribution is 2.20. The number of carboxylic acids is 1. The van der Waals surface area contributed by atoms with E-state index >= 15 is 0 Å². The normalized spacial score (nSPS) is 26.8. The lowest BCUT2D eigenvalue weighted by molar-refractivity contribution is -0.148. The average Bonchev–Trinajstić information content (AvgIpc) is 2.60. The molecule has 1 aliphatic rings. The molecule has 0 aromatic carbocycles. The molecule has 0 aliphatic carbocycles. The maximum atomic E-state index is 11.8. The summed E-state index contributed by atoms with van der Waals surface area (Å²) in [6.07, 6.45) is -0.399. The molecular weight excluding hydrogens is 212 g/mol. The number of β-amino-alcohol motifs (C(OH)–C–C–N with tert-alkyl or cyclic N) is 1. The van der Waals surface area contributed by atoms with Gasteiger partial charge in [-0.25, -0.2) is 4.79 Å². The first-order valence-electron chi connectivity index (χ1n) is 5.36. The highest BCUT2D eigenvalue weighted by molar-refractivity contribution is 5.84. The Kier molecular flexibility index (Phi) is 4.26. The molecule has 1 amide bonds.